The van der Waals surface area contributed by atoms with Gasteiger partial charge in [-0.15, -0.1) is 0 Å². The number of benzene rings is 2. The number of nitrogens with one attached hydrogen (secondary N) is 3. The van der Waals surface area contributed by atoms with Crippen LogP contribution in [0.5, 0.6) is 11.5 Å². The summed E-state index contributed by atoms with van der Waals surface area (Å²) in [7, 11) is 0. The first-order valence-electron chi connectivity index (χ1n) is 11.8. The van der Waals surface area contributed by atoms with Crippen LogP contribution in [0.2, 0.25) is 0 Å². The molecular weight excluding hydrogens is 446 g/mol. The van der Waals surface area contributed by atoms with Crippen molar-refractivity contribution < 1.29 is 14.3 Å². The van der Waals surface area contributed by atoms with E-state index in [9.17, 15) is 14.4 Å². The van der Waals surface area contributed by atoms with Gasteiger partial charge in [-0.25, -0.2) is 0 Å². The van der Waals surface area contributed by atoms with Gasteiger partial charge in [0.15, 0.2) is 0 Å². The van der Waals surface area contributed by atoms with E-state index in [2.05, 4.69) is 27.5 Å². The van der Waals surface area contributed by atoms with Crippen LogP contribution < -0.4 is 25.8 Å². The molecule has 1 fully saturated rings. The summed E-state index contributed by atoms with van der Waals surface area (Å²) in [6.07, 6.45) is 2.01. The molecule has 3 heterocycles. The highest BCUT2D eigenvalue weighted by molar-refractivity contribution is 6.04. The zero-order valence-electron chi connectivity index (χ0n) is 19.4. The Hall–Kier alpha value is -4.14. The lowest BCUT2D eigenvalue weighted by molar-refractivity contribution is -0.123. The zero-order valence-corrected chi connectivity index (χ0v) is 19.4. The fourth-order valence-electron chi connectivity index (χ4n) is 4.58. The molecule has 3 aromatic rings. The van der Waals surface area contributed by atoms with Crippen LogP contribution in [0.1, 0.15) is 37.7 Å². The fraction of sp³-hybridized carbons (Fsp3) is 0.308. The van der Waals surface area contributed by atoms with Crippen molar-refractivity contribution in [1.82, 2.24) is 9.97 Å². The molecule has 2 aliphatic heterocycles. The van der Waals surface area contributed by atoms with Gasteiger partial charge in [-0.3, -0.25) is 19.4 Å². The van der Waals surface area contributed by atoms with Crippen LogP contribution in [0.25, 0.3) is 0 Å². The number of carbonyl (C=O) groups is 2. The molecule has 0 unspecified atom stereocenters. The summed E-state index contributed by atoms with van der Waals surface area (Å²) in [5.41, 5.74) is 0.307. The monoisotopic (exact) mass is 473 g/mol. The molecule has 35 heavy (non-hydrogen) atoms. The average Bonchev–Trinajstić information content (AvgIpc) is 2.85. The molecule has 2 atom stereocenters. The van der Waals surface area contributed by atoms with E-state index in [4.69, 9.17) is 4.74 Å². The van der Waals surface area contributed by atoms with Gasteiger partial charge < -0.3 is 20.3 Å². The van der Waals surface area contributed by atoms with E-state index in [-0.39, 0.29) is 23.7 Å². The first kappa shape index (κ1) is 22.6. The van der Waals surface area contributed by atoms with Gasteiger partial charge in [0.05, 0.1) is 11.5 Å². The Morgan fingerprint density at radius 1 is 1.09 bits per heavy atom. The van der Waals surface area contributed by atoms with Crippen LogP contribution in [-0.2, 0) is 9.59 Å². The minimum absolute atomic E-state index is 0.126. The number of hydrogen-bond acceptors (Lipinski definition) is 6. The van der Waals surface area contributed by atoms with E-state index < -0.39 is 17.4 Å². The summed E-state index contributed by atoms with van der Waals surface area (Å²) in [4.78, 5) is 47.9. The van der Waals surface area contributed by atoms with Gasteiger partial charge in [0.1, 0.15) is 17.3 Å². The predicted octanol–water partition coefficient (Wildman–Crippen LogP) is 3.86. The lowest BCUT2D eigenvalue weighted by Gasteiger charge is -2.32. The molecule has 0 spiro atoms. The molecular formula is C26H27N5O4. The molecule has 0 radical (unpaired) electrons. The molecule has 0 saturated carbocycles. The number of nitrogens with zero attached hydrogens (tertiary/aromatic N) is 2. The molecule has 0 bridgehead atoms. The van der Waals surface area contributed by atoms with Crippen molar-refractivity contribution in [3.63, 3.8) is 0 Å². The minimum Gasteiger partial charge on any atom is -0.457 e. The number of fused-ring (bicyclic) bond motifs is 1. The van der Waals surface area contributed by atoms with Crippen molar-refractivity contribution in [2.24, 2.45) is 5.92 Å². The fourth-order valence-corrected chi connectivity index (χ4v) is 4.58. The Kier molecular flexibility index (Phi) is 6.22. The molecule has 2 amide bonds. The molecule has 1 saturated heterocycles. The van der Waals surface area contributed by atoms with E-state index in [1.165, 1.54) is 0 Å². The quantitative estimate of drug-likeness (QED) is 0.518. The smallest absolute Gasteiger partial charge is 0.258 e. The zero-order chi connectivity index (χ0) is 24.4. The molecule has 1 aromatic heterocycles. The molecule has 5 rings (SSSR count). The largest absolute Gasteiger partial charge is 0.457 e. The van der Waals surface area contributed by atoms with Gasteiger partial charge in [0.25, 0.3) is 5.56 Å². The van der Waals surface area contributed by atoms with Crippen molar-refractivity contribution >= 4 is 29.3 Å². The van der Waals surface area contributed by atoms with Crippen molar-refractivity contribution in [3.8, 4) is 11.5 Å². The molecule has 180 valence electrons. The van der Waals surface area contributed by atoms with Gasteiger partial charge in [-0.2, -0.15) is 4.98 Å². The highest BCUT2D eigenvalue weighted by atomic mass is 16.5. The van der Waals surface area contributed by atoms with E-state index in [0.717, 1.165) is 25.9 Å². The first-order valence-corrected chi connectivity index (χ1v) is 11.8. The Morgan fingerprint density at radius 3 is 2.57 bits per heavy atom. The number of para-hydroxylation sites is 1. The maximum Gasteiger partial charge on any atom is 0.258 e. The van der Waals surface area contributed by atoms with Crippen LogP contribution in [0.15, 0.2) is 59.4 Å². The van der Waals surface area contributed by atoms with Gasteiger partial charge in [-0.05, 0) is 55.2 Å². The van der Waals surface area contributed by atoms with E-state index in [1.807, 2.05) is 35.2 Å². The minimum atomic E-state index is -0.940. The summed E-state index contributed by atoms with van der Waals surface area (Å²) in [5.74, 6) is 0.675. The number of hydrogen-bond donors (Lipinski definition) is 3. The van der Waals surface area contributed by atoms with Crippen LogP contribution in [0, 0.1) is 5.92 Å². The summed E-state index contributed by atoms with van der Waals surface area (Å²) in [6.45, 7) is 3.72. The van der Waals surface area contributed by atoms with Gasteiger partial charge >= 0.3 is 0 Å². The van der Waals surface area contributed by atoms with E-state index in [1.54, 1.807) is 24.3 Å². The molecule has 9 nitrogen and oxygen atoms in total. The number of aromatic amines is 1. The van der Waals surface area contributed by atoms with Gasteiger partial charge in [0.2, 0.25) is 17.8 Å². The summed E-state index contributed by atoms with van der Waals surface area (Å²) < 4.78 is 5.78. The van der Waals surface area contributed by atoms with Crippen LogP contribution in [-0.4, -0.2) is 34.9 Å². The SMILES string of the molecule is C[C@H]1CCCN(c2nc3c(c(=O)[nH]2)[C@H](C(=O)Nc2ccc(Oc4ccccc4)cc2)CC(=O)N3)C1. The van der Waals surface area contributed by atoms with Crippen LogP contribution in [0.4, 0.5) is 17.5 Å². The third-order valence-electron chi connectivity index (χ3n) is 6.31. The Balaban J connectivity index is 1.33. The second kappa shape index (κ2) is 9.61. The standard InChI is InChI=1S/C26H27N5O4/c1-16-6-5-13-31(15-16)26-29-23-22(25(34)30-26)20(14-21(32)28-23)24(33)27-17-9-11-19(12-10-17)35-18-7-3-2-4-8-18/h2-4,7-12,16,20H,5-6,13-15H2,1H3,(H,27,33)(H2,28,29,30,32,34)/t16-,20+/m0/s1. The van der Waals surface area contributed by atoms with Crippen molar-refractivity contribution in [2.45, 2.75) is 32.1 Å². The van der Waals surface area contributed by atoms with Crippen molar-refractivity contribution in [2.75, 3.05) is 28.6 Å². The second-order valence-corrected chi connectivity index (χ2v) is 9.08. The molecule has 2 aliphatic rings. The number of amides is 2. The first-order chi connectivity index (χ1) is 17.0. The predicted molar refractivity (Wildman–Crippen MR) is 133 cm³/mol. The number of ether oxygens (including phenoxy) is 1. The second-order valence-electron chi connectivity index (χ2n) is 9.08. The maximum atomic E-state index is 13.1. The summed E-state index contributed by atoms with van der Waals surface area (Å²) in [6, 6.07) is 16.3. The third kappa shape index (κ3) is 5.03. The molecule has 0 aliphatic carbocycles. The topological polar surface area (TPSA) is 116 Å². The highest BCUT2D eigenvalue weighted by Crippen LogP contribution is 2.31. The molecule has 3 N–H and O–H groups in total. The van der Waals surface area contributed by atoms with Crippen LogP contribution >= 0.6 is 0 Å². The van der Waals surface area contributed by atoms with Crippen LogP contribution in [0.3, 0.4) is 0 Å². The Morgan fingerprint density at radius 2 is 1.83 bits per heavy atom. The number of piperidine rings is 1. The normalized spacial score (nSPS) is 19.5. The molecule has 9 heteroatoms. The average molecular weight is 474 g/mol. The van der Waals surface area contributed by atoms with Gasteiger partial charge in [0, 0.05) is 25.2 Å². The number of anilines is 3. The van der Waals surface area contributed by atoms with E-state index >= 15 is 0 Å². The number of aromatic nitrogens is 2. The number of H-pyrrole nitrogens is 1. The van der Waals surface area contributed by atoms with Gasteiger partial charge in [-0.1, -0.05) is 25.1 Å². The summed E-state index contributed by atoms with van der Waals surface area (Å²) in [5, 5.41) is 5.49. The third-order valence-corrected chi connectivity index (χ3v) is 6.31. The highest BCUT2D eigenvalue weighted by Gasteiger charge is 2.35. The number of carbonyl (C=O) groups excluding carboxylic acids is 2. The molecule has 2 aromatic carbocycles. The Labute approximate surface area is 202 Å². The Bertz CT molecular complexity index is 1290. The van der Waals surface area contributed by atoms with Crippen molar-refractivity contribution in [1.29, 1.82) is 0 Å². The van der Waals surface area contributed by atoms with E-state index in [0.29, 0.717) is 29.1 Å². The lowest BCUT2D eigenvalue weighted by Crippen LogP contribution is -2.40. The number of rotatable bonds is 5. The lowest BCUT2D eigenvalue weighted by atomic mass is 9.92. The maximum absolute atomic E-state index is 13.1. The van der Waals surface area contributed by atoms with Crippen molar-refractivity contribution in [3.05, 3.63) is 70.5 Å². The summed E-state index contributed by atoms with van der Waals surface area (Å²) >= 11 is 0.